The van der Waals surface area contributed by atoms with E-state index in [9.17, 15) is 46.2 Å². The van der Waals surface area contributed by atoms with Gasteiger partial charge in [-0.1, -0.05) is 38.1 Å². The third-order valence-corrected chi connectivity index (χ3v) is 14.7. The van der Waals surface area contributed by atoms with Crippen molar-refractivity contribution in [2.75, 3.05) is 52.0 Å². The minimum Gasteiger partial charge on any atom is -0.453 e. The number of carbonyl (C=O) groups is 4. The molecule has 2 aromatic carbocycles. The molecule has 9 rings (SSSR count). The monoisotopic (exact) mass is 1100 g/mol. The number of hydrogen-bond donors (Lipinski definition) is 6. The summed E-state index contributed by atoms with van der Waals surface area (Å²) in [5, 5.41) is 19.2. The van der Waals surface area contributed by atoms with E-state index < -0.39 is 126 Å². The number of allylic oxidation sites excluding steroid dienone is 1. The maximum atomic E-state index is 18.2. The van der Waals surface area contributed by atoms with Crippen molar-refractivity contribution < 1.29 is 78.0 Å². The van der Waals surface area contributed by atoms with Crippen LogP contribution in [0.4, 0.5) is 54.9 Å². The molecular formula is C50H59F9N10O8. The first-order valence-electron chi connectivity index (χ1n) is 24.2. The number of hydrazine groups is 1. The van der Waals surface area contributed by atoms with E-state index in [1.54, 1.807) is 4.90 Å². The number of nitrogens with one attached hydrogen (secondary N) is 4. The lowest BCUT2D eigenvalue weighted by Gasteiger charge is -2.61. The highest BCUT2D eigenvalue weighted by atomic mass is 19.4. The van der Waals surface area contributed by atoms with Crippen molar-refractivity contribution in [3.05, 3.63) is 88.6 Å². The summed E-state index contributed by atoms with van der Waals surface area (Å²) in [6, 6.07) is 2.32. The number of aliphatic hydroxyl groups excluding tert-OH is 1. The number of amides is 4. The normalized spacial score (nSPS) is 23.8. The molecule has 6 bridgehead atoms. The summed E-state index contributed by atoms with van der Waals surface area (Å²) >= 11 is 0. The summed E-state index contributed by atoms with van der Waals surface area (Å²) in [7, 11) is 1.74. The van der Waals surface area contributed by atoms with Gasteiger partial charge in [-0.3, -0.25) is 19.9 Å². The number of piperidine rings is 1. The molecule has 4 saturated heterocycles. The van der Waals surface area contributed by atoms with Crippen LogP contribution in [0.2, 0.25) is 0 Å². The number of piperazine rings is 1. The van der Waals surface area contributed by atoms with Crippen LogP contribution in [0, 0.1) is 22.5 Å². The van der Waals surface area contributed by atoms with E-state index in [0.717, 1.165) is 40.6 Å². The summed E-state index contributed by atoms with van der Waals surface area (Å²) in [5.41, 5.74) is 0.979. The number of aliphatic hydroxyl groups is 1. The third kappa shape index (κ3) is 12.2. The van der Waals surface area contributed by atoms with E-state index in [2.05, 4.69) is 35.7 Å². The predicted octanol–water partition coefficient (Wildman–Crippen LogP) is 5.37. The molecule has 18 nitrogen and oxygen atoms in total. The van der Waals surface area contributed by atoms with Gasteiger partial charge in [0, 0.05) is 73.1 Å². The first-order valence-corrected chi connectivity index (χ1v) is 24.2. The fourth-order valence-electron chi connectivity index (χ4n) is 9.85. The van der Waals surface area contributed by atoms with Gasteiger partial charge in [0.15, 0.2) is 0 Å². The molecule has 4 amide bonds. The Labute approximate surface area is 436 Å². The number of fused-ring (bicyclic) bond motifs is 13. The molecule has 6 atom stereocenters. The van der Waals surface area contributed by atoms with Crippen LogP contribution in [-0.2, 0) is 42.7 Å². The van der Waals surface area contributed by atoms with Gasteiger partial charge < -0.3 is 45.9 Å². The van der Waals surface area contributed by atoms with Crippen LogP contribution in [0.15, 0.2) is 59.7 Å². The van der Waals surface area contributed by atoms with Crippen molar-refractivity contribution in [3.8, 4) is 11.1 Å². The van der Waals surface area contributed by atoms with Crippen molar-refractivity contribution in [1.82, 2.24) is 36.3 Å². The lowest BCUT2D eigenvalue weighted by Crippen LogP contribution is -2.74. The van der Waals surface area contributed by atoms with E-state index in [1.165, 1.54) is 36.5 Å². The number of anilines is 1. The van der Waals surface area contributed by atoms with Crippen LogP contribution in [0.25, 0.3) is 16.8 Å². The van der Waals surface area contributed by atoms with Gasteiger partial charge in [0.05, 0.1) is 62.0 Å². The van der Waals surface area contributed by atoms with Gasteiger partial charge in [-0.15, -0.1) is 0 Å². The fraction of sp³-hybridized carbons (Fsp3) is 0.520. The Morgan fingerprint density at radius 3 is 2.14 bits per heavy atom. The highest BCUT2D eigenvalue weighted by Gasteiger charge is 2.59. The minimum atomic E-state index is -5.14. The van der Waals surface area contributed by atoms with Gasteiger partial charge in [-0.25, -0.2) is 42.1 Å². The largest absolute Gasteiger partial charge is 0.453 e. The number of hydrogen-bond acceptors (Lipinski definition) is 14. The summed E-state index contributed by atoms with van der Waals surface area (Å²) < 4.78 is 152. The number of benzene rings is 2. The lowest BCUT2D eigenvalue weighted by molar-refractivity contribution is -0.220. The predicted molar refractivity (Wildman–Crippen MR) is 260 cm³/mol. The smallest absolute Gasteiger partial charge is 0.407 e. The highest BCUT2D eigenvalue weighted by molar-refractivity contribution is 5.88. The van der Waals surface area contributed by atoms with Gasteiger partial charge in [-0.05, 0) is 62.1 Å². The Hall–Kier alpha value is -6.71. The van der Waals surface area contributed by atoms with Gasteiger partial charge in [0.2, 0.25) is 5.91 Å². The number of nitrogens with two attached hydrogens (primary N) is 1. The Morgan fingerprint density at radius 1 is 0.961 bits per heavy atom. The number of pyridine rings is 1. The molecule has 6 aliphatic heterocycles. The molecule has 7 heterocycles. The topological polar surface area (TPSA) is 225 Å². The van der Waals surface area contributed by atoms with Crippen molar-refractivity contribution in [3.63, 3.8) is 0 Å². The van der Waals surface area contributed by atoms with Gasteiger partial charge in [0.25, 0.3) is 11.8 Å². The number of ether oxygens (including phenoxy) is 3. The SMILES string of the molecule is COC(=O)N[C@H](C(=O)N[C@H]1Cc2ccc(cc2)-c2cnc(N3CC4CC(C3)N4C3COC3)c(c2)C(F)(F)C(C)(C)[C@H](NC(=O)OC)C(=O)NN(Cc2c(F)cc(C(N)=CC=NC(F)F)cc2F)C[C@@H]1O)C(C)(C)C(F)(F)F. The Kier molecular flexibility index (Phi) is 17.1. The first-order chi connectivity index (χ1) is 36.1. The lowest BCUT2D eigenvalue weighted by atomic mass is 9.74. The number of rotatable bonds is 12. The van der Waals surface area contributed by atoms with Gasteiger partial charge in [-0.2, -0.15) is 22.0 Å². The molecular weight excluding hydrogens is 1040 g/mol. The van der Waals surface area contributed by atoms with Crippen molar-refractivity contribution >= 4 is 41.7 Å². The van der Waals surface area contributed by atoms with E-state index >= 15 is 17.6 Å². The van der Waals surface area contributed by atoms with Crippen LogP contribution in [0.5, 0.6) is 0 Å². The molecule has 1 aromatic heterocycles. The quantitative estimate of drug-likeness (QED) is 0.0764. The minimum absolute atomic E-state index is 0.00620. The zero-order valence-electron chi connectivity index (χ0n) is 42.6. The molecule has 2 unspecified atom stereocenters. The number of alkyl halides is 7. The summed E-state index contributed by atoms with van der Waals surface area (Å²) in [6.07, 6.45) is -6.79. The Balaban J connectivity index is 1.36. The molecule has 0 aliphatic carbocycles. The summed E-state index contributed by atoms with van der Waals surface area (Å²) in [4.78, 5) is 66.0. The summed E-state index contributed by atoms with van der Waals surface area (Å²) in [5.74, 6) is -9.92. The Bertz CT molecular complexity index is 2710. The molecule has 77 heavy (non-hydrogen) atoms. The van der Waals surface area contributed by atoms with E-state index in [4.69, 9.17) is 15.2 Å². The van der Waals surface area contributed by atoms with Crippen LogP contribution in [0.3, 0.4) is 0 Å². The molecule has 0 spiro atoms. The molecule has 0 saturated carbocycles. The molecule has 3 aromatic rings. The standard InChI is InChI=1S/C50H59F9N10O8/c1-47(2)40(65-46(74)76-6)43(72)66-68(21-32-34(51)15-27(16-35(32)52)36(60)11-12-61-44(53)54)22-38(70)37(63-42(71)39(64-45(73)75-5)48(3,4)50(57,58)59)13-25-7-9-26(10-8-25)28-14-33(49(47,55)56)41(62-18-28)67-19-29-17-30(20-67)69(29)31-23-77-24-31/h7-12,14-16,18,29-31,37-40,44,70H,13,17,19-24,60H2,1-6H3,(H,63,71)(H,64,73)(H,65,74)(H,66,72)/t29?,30?,37-,38-,39+,40+/m0/s1. The van der Waals surface area contributed by atoms with Crippen LogP contribution in [-0.4, -0.2) is 152 Å². The number of carbonyl (C=O) groups excluding carboxylic acids is 4. The molecule has 7 N–H and O–H groups in total. The number of halogens is 9. The van der Waals surface area contributed by atoms with Crippen molar-refractivity contribution in [1.29, 1.82) is 0 Å². The molecule has 420 valence electrons. The van der Waals surface area contributed by atoms with E-state index in [1.807, 2.05) is 5.32 Å². The number of methoxy groups -OCH3 is 2. The summed E-state index contributed by atoms with van der Waals surface area (Å²) in [6.45, 7) is -0.296. The highest BCUT2D eigenvalue weighted by Crippen LogP contribution is 2.52. The number of alkyl carbamates (subject to hydrolysis) is 2. The molecule has 6 aliphatic rings. The molecule has 27 heteroatoms. The average molecular weight is 1100 g/mol. The van der Waals surface area contributed by atoms with Crippen LogP contribution >= 0.6 is 0 Å². The maximum absolute atomic E-state index is 18.2. The fourth-order valence-corrected chi connectivity index (χ4v) is 9.85. The second-order valence-electron chi connectivity index (χ2n) is 20.4. The number of aromatic nitrogens is 1. The molecule has 4 fully saturated rings. The first kappa shape index (κ1) is 58.0. The van der Waals surface area contributed by atoms with Gasteiger partial charge >= 0.3 is 24.9 Å². The van der Waals surface area contributed by atoms with Crippen LogP contribution < -0.4 is 32.0 Å². The van der Waals surface area contributed by atoms with E-state index in [0.29, 0.717) is 69.1 Å². The van der Waals surface area contributed by atoms with Crippen molar-refractivity contribution in [2.24, 2.45) is 21.6 Å². The number of aliphatic imine (C=N–C) groups is 1. The molecule has 0 radical (unpaired) electrons. The van der Waals surface area contributed by atoms with Crippen molar-refractivity contribution in [2.45, 2.75) is 108 Å². The zero-order chi connectivity index (χ0) is 56.5. The van der Waals surface area contributed by atoms with E-state index in [-0.39, 0.29) is 40.6 Å². The Morgan fingerprint density at radius 2 is 1.58 bits per heavy atom. The number of nitrogens with zero attached hydrogens (tertiary/aromatic N) is 5. The average Bonchev–Trinajstić information content (AvgIpc) is 3.46. The second-order valence-corrected chi connectivity index (χ2v) is 20.4. The third-order valence-electron chi connectivity index (χ3n) is 14.7. The zero-order valence-corrected chi connectivity index (χ0v) is 42.6. The van der Waals surface area contributed by atoms with Crippen LogP contribution in [0.1, 0.15) is 56.4 Å². The second kappa shape index (κ2) is 22.7. The van der Waals surface area contributed by atoms with Gasteiger partial charge in [0.1, 0.15) is 29.5 Å². The maximum Gasteiger partial charge on any atom is 0.407 e.